The van der Waals surface area contributed by atoms with E-state index in [0.29, 0.717) is 17.2 Å². The zero-order chi connectivity index (χ0) is 15.2. The molecule has 112 valence electrons. The van der Waals surface area contributed by atoms with Gasteiger partial charge in [0.1, 0.15) is 17.3 Å². The second-order valence-corrected chi connectivity index (χ2v) is 5.70. The van der Waals surface area contributed by atoms with Crippen LogP contribution in [-0.4, -0.2) is 13.1 Å². The maximum Gasteiger partial charge on any atom is 0.137 e. The first kappa shape index (κ1) is 15.5. The van der Waals surface area contributed by atoms with E-state index in [1.54, 1.807) is 24.3 Å². The van der Waals surface area contributed by atoms with Crippen molar-refractivity contribution in [3.63, 3.8) is 0 Å². The number of hydrogen-bond donors (Lipinski definition) is 1. The Morgan fingerprint density at radius 2 is 2.00 bits per heavy atom. The van der Waals surface area contributed by atoms with Crippen LogP contribution in [0.15, 0.2) is 46.4 Å². The van der Waals surface area contributed by atoms with Gasteiger partial charge < -0.3 is 9.73 Å². The first-order chi connectivity index (χ1) is 10.1. The zero-order valence-corrected chi connectivity index (χ0v) is 12.8. The molecule has 0 saturated carbocycles. The van der Waals surface area contributed by atoms with Crippen molar-refractivity contribution in [1.82, 2.24) is 5.32 Å². The molecule has 0 bridgehead atoms. The minimum Gasteiger partial charge on any atom is -0.457 e. The largest absolute Gasteiger partial charge is 0.457 e. The lowest BCUT2D eigenvalue weighted by Crippen LogP contribution is -2.21. The normalized spacial score (nSPS) is 12.1. The van der Waals surface area contributed by atoms with Crippen LogP contribution in [0.1, 0.15) is 26.5 Å². The molecule has 3 heteroatoms. The Balaban J connectivity index is 2.05. The maximum atomic E-state index is 13.7. The Morgan fingerprint density at radius 1 is 1.24 bits per heavy atom. The quantitative estimate of drug-likeness (QED) is 0.830. The van der Waals surface area contributed by atoms with Gasteiger partial charge in [-0.2, -0.15) is 0 Å². The molecule has 0 aliphatic rings. The molecule has 0 spiro atoms. The summed E-state index contributed by atoms with van der Waals surface area (Å²) in [6, 6.07) is 10.3. The van der Waals surface area contributed by atoms with Crippen LogP contribution in [0, 0.1) is 11.7 Å². The molecule has 0 saturated heterocycles. The van der Waals surface area contributed by atoms with Crippen LogP contribution in [0.5, 0.6) is 0 Å². The third-order valence-corrected chi connectivity index (χ3v) is 3.11. The second kappa shape index (κ2) is 7.23. The van der Waals surface area contributed by atoms with Crippen LogP contribution in [0.4, 0.5) is 4.39 Å². The number of furan rings is 1. The summed E-state index contributed by atoms with van der Waals surface area (Å²) in [4.78, 5) is 0. The summed E-state index contributed by atoms with van der Waals surface area (Å²) in [6.07, 6.45) is 1.98. The van der Waals surface area contributed by atoms with Gasteiger partial charge in [-0.15, -0.1) is 0 Å². The number of rotatable bonds is 6. The lowest BCUT2D eigenvalue weighted by molar-refractivity contribution is 0.558. The van der Waals surface area contributed by atoms with E-state index in [-0.39, 0.29) is 5.82 Å². The van der Waals surface area contributed by atoms with E-state index in [0.717, 1.165) is 18.8 Å². The molecule has 0 unspecified atom stereocenters. The maximum absolute atomic E-state index is 13.7. The van der Waals surface area contributed by atoms with Gasteiger partial charge in [-0.3, -0.25) is 0 Å². The topological polar surface area (TPSA) is 25.2 Å². The van der Waals surface area contributed by atoms with Gasteiger partial charge in [0.2, 0.25) is 0 Å². The first-order valence-electron chi connectivity index (χ1n) is 7.29. The molecule has 1 aromatic heterocycles. The fourth-order valence-electron chi connectivity index (χ4n) is 2.09. The molecule has 0 atom stereocenters. The Kier molecular flexibility index (Phi) is 5.34. The molecule has 21 heavy (non-hydrogen) atoms. The summed E-state index contributed by atoms with van der Waals surface area (Å²) in [5.74, 6) is 1.67. The Labute approximate surface area is 125 Å². The van der Waals surface area contributed by atoms with E-state index in [2.05, 4.69) is 26.1 Å². The molecule has 0 aliphatic heterocycles. The van der Waals surface area contributed by atoms with E-state index in [9.17, 15) is 4.39 Å². The SMILES string of the molecule is CC(=Cc1ccc(-c2ccccc2F)o1)CNCC(C)C. The minimum absolute atomic E-state index is 0.266. The Hall–Kier alpha value is -1.87. The average molecular weight is 287 g/mol. The molecule has 1 N–H and O–H groups in total. The van der Waals surface area contributed by atoms with Crippen LogP contribution in [0.3, 0.4) is 0 Å². The van der Waals surface area contributed by atoms with Gasteiger partial charge in [0.25, 0.3) is 0 Å². The van der Waals surface area contributed by atoms with Crippen molar-refractivity contribution in [2.75, 3.05) is 13.1 Å². The van der Waals surface area contributed by atoms with Crippen LogP contribution in [-0.2, 0) is 0 Å². The van der Waals surface area contributed by atoms with Crippen LogP contribution in [0.25, 0.3) is 17.4 Å². The van der Waals surface area contributed by atoms with Crippen LogP contribution in [0.2, 0.25) is 0 Å². The molecule has 0 aliphatic carbocycles. The van der Waals surface area contributed by atoms with Gasteiger partial charge in [-0.1, -0.05) is 31.6 Å². The average Bonchev–Trinajstić information content (AvgIpc) is 2.87. The predicted molar refractivity (Wildman–Crippen MR) is 85.5 cm³/mol. The zero-order valence-electron chi connectivity index (χ0n) is 12.8. The van der Waals surface area contributed by atoms with Crippen molar-refractivity contribution in [1.29, 1.82) is 0 Å². The molecule has 0 fully saturated rings. The van der Waals surface area contributed by atoms with Crippen molar-refractivity contribution >= 4 is 6.08 Å². The summed E-state index contributed by atoms with van der Waals surface area (Å²) < 4.78 is 19.4. The first-order valence-corrected chi connectivity index (χ1v) is 7.29. The molecular weight excluding hydrogens is 265 g/mol. The van der Waals surface area contributed by atoms with Gasteiger partial charge in [-0.25, -0.2) is 4.39 Å². The summed E-state index contributed by atoms with van der Waals surface area (Å²) in [5.41, 5.74) is 1.68. The number of hydrogen-bond acceptors (Lipinski definition) is 2. The summed E-state index contributed by atoms with van der Waals surface area (Å²) >= 11 is 0. The van der Waals surface area contributed by atoms with Crippen LogP contribution >= 0.6 is 0 Å². The van der Waals surface area contributed by atoms with E-state index < -0.39 is 0 Å². The second-order valence-electron chi connectivity index (χ2n) is 5.70. The van der Waals surface area contributed by atoms with E-state index in [4.69, 9.17) is 4.42 Å². The van der Waals surface area contributed by atoms with Gasteiger partial charge >= 0.3 is 0 Å². The highest BCUT2D eigenvalue weighted by Crippen LogP contribution is 2.25. The molecule has 2 aromatic rings. The van der Waals surface area contributed by atoms with E-state index in [1.807, 2.05) is 12.1 Å². The molecule has 2 nitrogen and oxygen atoms in total. The molecule has 1 heterocycles. The van der Waals surface area contributed by atoms with Crippen LogP contribution < -0.4 is 5.32 Å². The van der Waals surface area contributed by atoms with Crippen molar-refractivity contribution in [2.45, 2.75) is 20.8 Å². The van der Waals surface area contributed by atoms with Gasteiger partial charge in [0, 0.05) is 6.54 Å². The monoisotopic (exact) mass is 287 g/mol. The van der Waals surface area contributed by atoms with Crippen molar-refractivity contribution in [3.8, 4) is 11.3 Å². The standard InChI is InChI=1S/C18H22FNO/c1-13(2)11-20-12-14(3)10-15-8-9-18(21-15)16-6-4-5-7-17(16)19/h4-10,13,20H,11-12H2,1-3H3. The smallest absolute Gasteiger partial charge is 0.137 e. The van der Waals surface area contributed by atoms with Crippen molar-refractivity contribution in [3.05, 3.63) is 53.5 Å². The molecule has 2 rings (SSSR count). The molecule has 0 radical (unpaired) electrons. The Bertz CT molecular complexity index is 613. The van der Waals surface area contributed by atoms with Crippen molar-refractivity contribution < 1.29 is 8.81 Å². The molecule has 1 aromatic carbocycles. The number of halogens is 1. The highest BCUT2D eigenvalue weighted by molar-refractivity contribution is 5.61. The molecular formula is C18H22FNO. The lowest BCUT2D eigenvalue weighted by Gasteiger charge is -2.07. The summed E-state index contributed by atoms with van der Waals surface area (Å²) in [7, 11) is 0. The lowest BCUT2D eigenvalue weighted by atomic mass is 10.1. The third kappa shape index (κ3) is 4.57. The van der Waals surface area contributed by atoms with Gasteiger partial charge in [0.05, 0.1) is 5.56 Å². The Morgan fingerprint density at radius 3 is 2.71 bits per heavy atom. The fourth-order valence-corrected chi connectivity index (χ4v) is 2.09. The fraction of sp³-hybridized carbons (Fsp3) is 0.333. The molecule has 0 amide bonds. The number of benzene rings is 1. The number of nitrogens with one attached hydrogen (secondary N) is 1. The highest BCUT2D eigenvalue weighted by atomic mass is 19.1. The van der Waals surface area contributed by atoms with E-state index >= 15 is 0 Å². The highest BCUT2D eigenvalue weighted by Gasteiger charge is 2.08. The third-order valence-electron chi connectivity index (χ3n) is 3.11. The minimum atomic E-state index is -0.266. The van der Waals surface area contributed by atoms with Crippen molar-refractivity contribution in [2.24, 2.45) is 5.92 Å². The summed E-state index contributed by atoms with van der Waals surface area (Å²) in [5, 5.41) is 3.38. The van der Waals surface area contributed by atoms with Gasteiger partial charge in [0.15, 0.2) is 0 Å². The van der Waals surface area contributed by atoms with E-state index in [1.165, 1.54) is 11.6 Å². The summed E-state index contributed by atoms with van der Waals surface area (Å²) in [6.45, 7) is 8.23. The predicted octanol–water partition coefficient (Wildman–Crippen LogP) is 4.73. The van der Waals surface area contributed by atoms with Gasteiger partial charge in [-0.05, 0) is 49.7 Å².